The lowest BCUT2D eigenvalue weighted by molar-refractivity contribution is -0.384. The van der Waals surface area contributed by atoms with Crippen LogP contribution in [0.3, 0.4) is 0 Å². The molecule has 0 bridgehead atoms. The van der Waals surface area contributed by atoms with Crippen molar-refractivity contribution in [2.24, 2.45) is 4.99 Å². The van der Waals surface area contributed by atoms with Gasteiger partial charge in [0, 0.05) is 52.9 Å². The molecule has 1 aliphatic rings. The first kappa shape index (κ1) is 24.8. The van der Waals surface area contributed by atoms with Crippen molar-refractivity contribution in [3.8, 4) is 0 Å². The van der Waals surface area contributed by atoms with E-state index >= 15 is 0 Å². The van der Waals surface area contributed by atoms with E-state index in [4.69, 9.17) is 16.6 Å². The molecule has 0 N–H and O–H groups in total. The molecular formula is C28H23ClN4O3S. The van der Waals surface area contributed by atoms with Gasteiger partial charge in [0.1, 0.15) is 0 Å². The Hall–Kier alpha value is -3.88. The van der Waals surface area contributed by atoms with E-state index < -0.39 is 4.92 Å². The van der Waals surface area contributed by atoms with Crippen molar-refractivity contribution < 1.29 is 9.72 Å². The molecule has 3 aromatic carbocycles. The van der Waals surface area contributed by atoms with Gasteiger partial charge in [-0.25, -0.2) is 4.99 Å². The Balaban J connectivity index is 1.49. The predicted octanol–water partition coefficient (Wildman–Crippen LogP) is 7.27. The van der Waals surface area contributed by atoms with E-state index in [2.05, 4.69) is 4.57 Å². The number of aliphatic imine (C=N–C) groups is 1. The zero-order valence-corrected chi connectivity index (χ0v) is 21.6. The average Bonchev–Trinajstić information content (AvgIpc) is 3.38. The fourth-order valence-electron chi connectivity index (χ4n) is 4.22. The maximum absolute atomic E-state index is 13.3. The zero-order chi connectivity index (χ0) is 25.9. The number of carbonyl (C=O) groups is 1. The van der Waals surface area contributed by atoms with Crippen molar-refractivity contribution in [3.63, 3.8) is 0 Å². The van der Waals surface area contributed by atoms with Gasteiger partial charge in [-0.3, -0.25) is 19.8 Å². The molecule has 0 saturated carbocycles. The number of nitro benzene ring substituents is 1. The summed E-state index contributed by atoms with van der Waals surface area (Å²) in [6, 6.07) is 21.8. The number of para-hydroxylation sites is 1. The molecule has 5 rings (SSSR count). The molecular weight excluding hydrogens is 508 g/mol. The van der Waals surface area contributed by atoms with Gasteiger partial charge in [-0.15, -0.1) is 0 Å². The maximum atomic E-state index is 13.3. The number of benzene rings is 3. The molecule has 186 valence electrons. The molecule has 9 heteroatoms. The Labute approximate surface area is 223 Å². The van der Waals surface area contributed by atoms with Crippen LogP contribution < -0.4 is 0 Å². The topological polar surface area (TPSA) is 80.7 Å². The number of nitro groups is 1. The van der Waals surface area contributed by atoms with E-state index in [1.54, 1.807) is 29.2 Å². The van der Waals surface area contributed by atoms with Gasteiger partial charge >= 0.3 is 0 Å². The van der Waals surface area contributed by atoms with Crippen LogP contribution in [0.25, 0.3) is 17.0 Å². The number of thioether (sulfide) groups is 1. The fourth-order valence-corrected chi connectivity index (χ4v) is 5.36. The highest BCUT2D eigenvalue weighted by Crippen LogP contribution is 2.36. The van der Waals surface area contributed by atoms with Gasteiger partial charge in [0.15, 0.2) is 5.17 Å². The van der Waals surface area contributed by atoms with Crippen LogP contribution in [0.5, 0.6) is 0 Å². The summed E-state index contributed by atoms with van der Waals surface area (Å²) in [5.74, 6) is -0.0632. The van der Waals surface area contributed by atoms with Crippen LogP contribution in [0.15, 0.2) is 88.9 Å². The molecule has 37 heavy (non-hydrogen) atoms. The SMILES string of the molecule is CCCN1C(=O)/C(=C/c2cn(Cc3ccc([N+](=O)[O-])cc3)c3ccccc23)SC1=Nc1ccc(Cl)cc1. The number of amides is 1. The molecule has 1 aliphatic heterocycles. The second-order valence-electron chi connectivity index (χ2n) is 8.59. The molecule has 0 radical (unpaired) electrons. The number of carbonyl (C=O) groups excluding carboxylic acids is 1. The van der Waals surface area contributed by atoms with Crippen LogP contribution in [-0.4, -0.2) is 32.0 Å². The molecule has 0 atom stereocenters. The Morgan fingerprint density at radius 1 is 1.05 bits per heavy atom. The summed E-state index contributed by atoms with van der Waals surface area (Å²) in [4.78, 5) is 31.0. The summed E-state index contributed by atoms with van der Waals surface area (Å²) in [7, 11) is 0. The van der Waals surface area contributed by atoms with E-state index in [-0.39, 0.29) is 11.6 Å². The first-order valence-electron chi connectivity index (χ1n) is 11.8. The van der Waals surface area contributed by atoms with E-state index in [9.17, 15) is 14.9 Å². The van der Waals surface area contributed by atoms with Crippen molar-refractivity contribution in [2.45, 2.75) is 19.9 Å². The van der Waals surface area contributed by atoms with E-state index in [0.29, 0.717) is 28.2 Å². The van der Waals surface area contributed by atoms with E-state index in [1.165, 1.54) is 23.9 Å². The van der Waals surface area contributed by atoms with Crippen molar-refractivity contribution in [2.75, 3.05) is 6.54 Å². The normalized spacial score (nSPS) is 15.8. The third kappa shape index (κ3) is 5.30. The third-order valence-electron chi connectivity index (χ3n) is 5.99. The summed E-state index contributed by atoms with van der Waals surface area (Å²) in [6.07, 6.45) is 4.76. The Kier molecular flexibility index (Phi) is 7.12. The molecule has 4 aromatic rings. The van der Waals surface area contributed by atoms with Crippen LogP contribution in [0.1, 0.15) is 24.5 Å². The second-order valence-corrected chi connectivity index (χ2v) is 10.0. The van der Waals surface area contributed by atoms with E-state index in [0.717, 1.165) is 34.1 Å². The highest BCUT2D eigenvalue weighted by Gasteiger charge is 2.33. The van der Waals surface area contributed by atoms with Gasteiger partial charge in [0.25, 0.3) is 11.6 Å². The molecule has 1 fully saturated rings. The van der Waals surface area contributed by atoms with Crippen LogP contribution in [0.4, 0.5) is 11.4 Å². The summed E-state index contributed by atoms with van der Waals surface area (Å²) < 4.78 is 2.10. The number of aromatic nitrogens is 1. The smallest absolute Gasteiger partial charge is 0.269 e. The number of non-ortho nitro benzene ring substituents is 1. The molecule has 1 aromatic heterocycles. The minimum Gasteiger partial charge on any atom is -0.342 e. The monoisotopic (exact) mass is 530 g/mol. The largest absolute Gasteiger partial charge is 0.342 e. The average molecular weight is 531 g/mol. The minimum atomic E-state index is -0.401. The van der Waals surface area contributed by atoms with Crippen molar-refractivity contribution in [1.82, 2.24) is 9.47 Å². The number of halogens is 1. The van der Waals surface area contributed by atoms with Crippen LogP contribution in [0.2, 0.25) is 5.02 Å². The summed E-state index contributed by atoms with van der Waals surface area (Å²) in [5, 5.41) is 13.3. The molecule has 0 spiro atoms. The van der Waals surface area contributed by atoms with Gasteiger partial charge in [-0.05, 0) is 60.2 Å². The van der Waals surface area contributed by atoms with Gasteiger partial charge in [-0.2, -0.15) is 0 Å². The first-order valence-corrected chi connectivity index (χ1v) is 13.0. The molecule has 2 heterocycles. The van der Waals surface area contributed by atoms with Crippen molar-refractivity contribution in [1.29, 1.82) is 0 Å². The first-order chi connectivity index (χ1) is 17.9. The third-order valence-corrected chi connectivity index (χ3v) is 7.25. The quantitative estimate of drug-likeness (QED) is 0.143. The number of rotatable bonds is 7. The molecule has 0 aliphatic carbocycles. The van der Waals surface area contributed by atoms with Gasteiger partial charge in [0.2, 0.25) is 0 Å². The number of fused-ring (bicyclic) bond motifs is 1. The summed E-state index contributed by atoms with van der Waals surface area (Å²) in [6.45, 7) is 3.16. The summed E-state index contributed by atoms with van der Waals surface area (Å²) >= 11 is 7.38. The van der Waals surface area contributed by atoms with Crippen molar-refractivity contribution >= 4 is 62.8 Å². The fraction of sp³-hybridized carbons (Fsp3) is 0.143. The summed E-state index contributed by atoms with van der Waals surface area (Å²) in [5.41, 5.74) is 3.70. The molecule has 1 saturated heterocycles. The number of amidine groups is 1. The highest BCUT2D eigenvalue weighted by atomic mass is 35.5. The Morgan fingerprint density at radius 3 is 2.49 bits per heavy atom. The minimum absolute atomic E-state index is 0.0632. The Bertz CT molecular complexity index is 1540. The highest BCUT2D eigenvalue weighted by molar-refractivity contribution is 8.18. The molecule has 1 amide bonds. The lowest BCUT2D eigenvalue weighted by Crippen LogP contribution is -2.29. The van der Waals surface area contributed by atoms with Crippen LogP contribution in [-0.2, 0) is 11.3 Å². The second kappa shape index (κ2) is 10.6. The molecule has 7 nitrogen and oxygen atoms in total. The Morgan fingerprint density at radius 2 is 1.78 bits per heavy atom. The maximum Gasteiger partial charge on any atom is 0.269 e. The van der Waals surface area contributed by atoms with Crippen LogP contribution in [0, 0.1) is 10.1 Å². The van der Waals surface area contributed by atoms with Gasteiger partial charge in [0.05, 0.1) is 15.5 Å². The zero-order valence-electron chi connectivity index (χ0n) is 20.0. The number of hydrogen-bond acceptors (Lipinski definition) is 5. The lowest BCUT2D eigenvalue weighted by atomic mass is 10.1. The number of nitrogens with zero attached hydrogens (tertiary/aromatic N) is 4. The van der Waals surface area contributed by atoms with Gasteiger partial charge in [-0.1, -0.05) is 48.9 Å². The lowest BCUT2D eigenvalue weighted by Gasteiger charge is -2.13. The van der Waals surface area contributed by atoms with Gasteiger partial charge < -0.3 is 4.57 Å². The van der Waals surface area contributed by atoms with E-state index in [1.807, 2.05) is 55.6 Å². The van der Waals surface area contributed by atoms with Crippen molar-refractivity contribution in [3.05, 3.63) is 110 Å². The number of hydrogen-bond donors (Lipinski definition) is 0. The standard InChI is InChI=1S/C28H23ClN4O3S/c1-2-15-32-27(34)26(37-28(32)30-22-11-9-21(29)10-12-22)16-20-18-31(25-6-4-3-5-24(20)25)17-19-7-13-23(14-8-19)33(35)36/h3-14,16,18H,2,15,17H2,1H3/b26-16-,30-28?. The molecule has 0 unspecified atom stereocenters. The predicted molar refractivity (Wildman–Crippen MR) is 150 cm³/mol. The van der Waals surface area contributed by atoms with Crippen LogP contribution >= 0.6 is 23.4 Å².